The summed E-state index contributed by atoms with van der Waals surface area (Å²) in [4.78, 5) is 13.5. The second-order valence-electron chi connectivity index (χ2n) is 6.97. The molecule has 150 valence electrons. The van der Waals surface area contributed by atoms with E-state index >= 15 is 0 Å². The molecule has 29 heavy (non-hydrogen) atoms. The number of para-hydroxylation sites is 1. The van der Waals surface area contributed by atoms with Gasteiger partial charge in [-0.15, -0.1) is 0 Å². The van der Waals surface area contributed by atoms with Crippen LogP contribution in [0, 0.1) is 0 Å². The molecule has 3 aromatic rings. The van der Waals surface area contributed by atoms with Gasteiger partial charge in [0.25, 0.3) is 0 Å². The molecule has 0 radical (unpaired) electrons. The molecule has 0 saturated carbocycles. The van der Waals surface area contributed by atoms with Crippen LogP contribution in [0.5, 0.6) is 11.6 Å². The molecule has 1 aliphatic rings. The van der Waals surface area contributed by atoms with Crippen LogP contribution in [0.1, 0.15) is 5.56 Å². The maximum Gasteiger partial charge on any atom is 0.215 e. The monoisotopic (exact) mass is 390 g/mol. The van der Waals surface area contributed by atoms with Crippen molar-refractivity contribution in [1.82, 2.24) is 14.9 Å². The molecule has 1 fully saturated rings. The molecular weight excluding hydrogens is 364 g/mol. The van der Waals surface area contributed by atoms with Crippen molar-refractivity contribution in [3.8, 4) is 11.6 Å². The summed E-state index contributed by atoms with van der Waals surface area (Å²) in [5.74, 6) is 2.55. The van der Waals surface area contributed by atoms with E-state index in [0.29, 0.717) is 19.1 Å². The maximum atomic E-state index is 5.85. The number of rotatable bonds is 8. The largest absolute Gasteiger partial charge is 0.492 e. The molecule has 2 aromatic heterocycles. The second-order valence-corrected chi connectivity index (χ2v) is 6.97. The maximum absolute atomic E-state index is 5.85. The highest BCUT2D eigenvalue weighted by molar-refractivity contribution is 5.41. The van der Waals surface area contributed by atoms with E-state index in [2.05, 4.69) is 19.8 Å². The lowest BCUT2D eigenvalue weighted by Gasteiger charge is -2.35. The van der Waals surface area contributed by atoms with Crippen LogP contribution >= 0.6 is 0 Å². The average Bonchev–Trinajstić information content (AvgIpc) is 2.80. The lowest BCUT2D eigenvalue weighted by atomic mass is 10.3. The van der Waals surface area contributed by atoms with E-state index in [4.69, 9.17) is 9.47 Å². The van der Waals surface area contributed by atoms with Crippen LogP contribution in [0.3, 0.4) is 0 Å². The fourth-order valence-corrected chi connectivity index (χ4v) is 3.31. The predicted molar refractivity (Wildman–Crippen MR) is 113 cm³/mol. The van der Waals surface area contributed by atoms with Gasteiger partial charge in [-0.3, -0.25) is 9.88 Å². The van der Waals surface area contributed by atoms with Crippen molar-refractivity contribution in [3.05, 3.63) is 78.6 Å². The van der Waals surface area contributed by atoms with Gasteiger partial charge in [0, 0.05) is 51.2 Å². The number of hydrogen-bond donors (Lipinski definition) is 0. The minimum atomic E-state index is 0.494. The highest BCUT2D eigenvalue weighted by Crippen LogP contribution is 2.18. The van der Waals surface area contributed by atoms with Gasteiger partial charge in [-0.1, -0.05) is 24.3 Å². The van der Waals surface area contributed by atoms with Gasteiger partial charge in [0.2, 0.25) is 5.88 Å². The van der Waals surface area contributed by atoms with E-state index in [0.717, 1.165) is 49.9 Å². The van der Waals surface area contributed by atoms with Crippen molar-refractivity contribution in [2.45, 2.75) is 6.61 Å². The number of ether oxygens (including phenoxy) is 2. The lowest BCUT2D eigenvalue weighted by molar-refractivity contribution is 0.200. The van der Waals surface area contributed by atoms with Gasteiger partial charge >= 0.3 is 0 Å². The summed E-state index contributed by atoms with van der Waals surface area (Å²) in [5, 5.41) is 0. The Hall–Kier alpha value is -3.12. The van der Waals surface area contributed by atoms with Crippen molar-refractivity contribution >= 4 is 5.82 Å². The minimum absolute atomic E-state index is 0.494. The molecule has 0 aliphatic carbocycles. The van der Waals surface area contributed by atoms with Gasteiger partial charge in [0.15, 0.2) is 0 Å². The third kappa shape index (κ3) is 5.68. The molecule has 0 N–H and O–H groups in total. The Morgan fingerprint density at radius 3 is 2.38 bits per heavy atom. The quantitative estimate of drug-likeness (QED) is 0.589. The fraction of sp³-hybridized carbons (Fsp3) is 0.304. The van der Waals surface area contributed by atoms with E-state index < -0.39 is 0 Å². The van der Waals surface area contributed by atoms with E-state index in [-0.39, 0.29) is 0 Å². The highest BCUT2D eigenvalue weighted by atomic mass is 16.5. The van der Waals surface area contributed by atoms with Crippen LogP contribution < -0.4 is 14.4 Å². The summed E-state index contributed by atoms with van der Waals surface area (Å²) in [7, 11) is 0. The van der Waals surface area contributed by atoms with Gasteiger partial charge in [-0.05, 0) is 35.9 Å². The van der Waals surface area contributed by atoms with Gasteiger partial charge < -0.3 is 14.4 Å². The van der Waals surface area contributed by atoms with Crippen LogP contribution in [-0.2, 0) is 6.61 Å². The van der Waals surface area contributed by atoms with Crippen LogP contribution in [0.25, 0.3) is 0 Å². The first-order chi connectivity index (χ1) is 14.4. The molecule has 1 aliphatic heterocycles. The Balaban J connectivity index is 1.23. The predicted octanol–water partition coefficient (Wildman–Crippen LogP) is 3.26. The van der Waals surface area contributed by atoms with Crippen LogP contribution in [0.15, 0.2) is 73.1 Å². The third-order valence-corrected chi connectivity index (χ3v) is 4.96. The molecule has 0 amide bonds. The van der Waals surface area contributed by atoms with E-state index in [1.54, 1.807) is 12.4 Å². The third-order valence-electron chi connectivity index (χ3n) is 4.96. The molecule has 6 heteroatoms. The van der Waals surface area contributed by atoms with Gasteiger partial charge in [-0.25, -0.2) is 0 Å². The lowest BCUT2D eigenvalue weighted by Crippen LogP contribution is -2.47. The Bertz CT molecular complexity index is 868. The zero-order chi connectivity index (χ0) is 19.7. The highest BCUT2D eigenvalue weighted by Gasteiger charge is 2.18. The molecule has 0 spiro atoms. The van der Waals surface area contributed by atoms with E-state index in [9.17, 15) is 0 Å². The molecule has 3 heterocycles. The summed E-state index contributed by atoms with van der Waals surface area (Å²) in [6.45, 7) is 6.04. The van der Waals surface area contributed by atoms with Gasteiger partial charge in [0.05, 0.1) is 0 Å². The van der Waals surface area contributed by atoms with Crippen LogP contribution in [-0.4, -0.2) is 54.2 Å². The topological polar surface area (TPSA) is 50.7 Å². The number of aromatic nitrogens is 2. The summed E-state index contributed by atoms with van der Waals surface area (Å²) in [6, 6.07) is 19.8. The van der Waals surface area contributed by atoms with Crippen molar-refractivity contribution in [3.63, 3.8) is 0 Å². The molecule has 0 atom stereocenters. The molecule has 6 nitrogen and oxygen atoms in total. The summed E-state index contributed by atoms with van der Waals surface area (Å²) >= 11 is 0. The molecule has 0 bridgehead atoms. The summed E-state index contributed by atoms with van der Waals surface area (Å²) in [6.07, 6.45) is 3.54. The molecule has 1 saturated heterocycles. The van der Waals surface area contributed by atoms with Gasteiger partial charge in [-0.2, -0.15) is 4.98 Å². The van der Waals surface area contributed by atoms with Crippen molar-refractivity contribution in [2.24, 2.45) is 0 Å². The number of piperazine rings is 1. The van der Waals surface area contributed by atoms with Crippen LogP contribution in [0.2, 0.25) is 0 Å². The Morgan fingerprint density at radius 1 is 0.793 bits per heavy atom. The summed E-state index contributed by atoms with van der Waals surface area (Å²) in [5.41, 5.74) is 1.08. The first kappa shape index (κ1) is 19.2. The van der Waals surface area contributed by atoms with E-state index in [1.807, 2.05) is 60.7 Å². The fourth-order valence-electron chi connectivity index (χ4n) is 3.31. The minimum Gasteiger partial charge on any atom is -0.492 e. The molecule has 0 unspecified atom stereocenters. The van der Waals surface area contributed by atoms with Crippen molar-refractivity contribution < 1.29 is 9.47 Å². The molecule has 4 rings (SSSR count). The smallest absolute Gasteiger partial charge is 0.215 e. The standard InChI is InChI=1S/C23H26N4O2/c1-2-5-21(6-3-1)28-18-17-26-13-15-27(16-14-26)22-7-4-8-23(25-22)29-19-20-9-11-24-12-10-20/h1-12H,13-19H2. The normalized spacial score (nSPS) is 14.6. The van der Waals surface area contributed by atoms with Crippen LogP contribution in [0.4, 0.5) is 5.82 Å². The molecule has 1 aromatic carbocycles. The van der Waals surface area contributed by atoms with E-state index in [1.165, 1.54) is 0 Å². The summed E-state index contributed by atoms with van der Waals surface area (Å²) < 4.78 is 11.7. The SMILES string of the molecule is c1ccc(OCCN2CCN(c3cccc(OCc4ccncc4)n3)CC2)cc1. The van der Waals surface area contributed by atoms with Crippen molar-refractivity contribution in [1.29, 1.82) is 0 Å². The zero-order valence-electron chi connectivity index (χ0n) is 16.5. The number of pyridine rings is 2. The number of nitrogens with zero attached hydrogens (tertiary/aromatic N) is 4. The zero-order valence-corrected chi connectivity index (χ0v) is 16.5. The Labute approximate surface area is 171 Å². The average molecular weight is 390 g/mol. The number of hydrogen-bond acceptors (Lipinski definition) is 6. The first-order valence-electron chi connectivity index (χ1n) is 10.0. The first-order valence-corrected chi connectivity index (χ1v) is 10.0. The number of anilines is 1. The number of benzene rings is 1. The molecular formula is C23H26N4O2. The Morgan fingerprint density at radius 2 is 1.59 bits per heavy atom. The second kappa shape index (κ2) is 9.89. The Kier molecular flexibility index (Phi) is 6.55. The van der Waals surface area contributed by atoms with Crippen molar-refractivity contribution in [2.75, 3.05) is 44.2 Å². The van der Waals surface area contributed by atoms with Gasteiger partial charge in [0.1, 0.15) is 24.8 Å².